The fourth-order valence-corrected chi connectivity index (χ4v) is 4.33. The maximum atomic E-state index is 14.0. The van der Waals surface area contributed by atoms with Gasteiger partial charge in [-0.3, -0.25) is 9.69 Å². The summed E-state index contributed by atoms with van der Waals surface area (Å²) in [6, 6.07) is 12.5. The molecule has 1 fully saturated rings. The molecule has 38 heavy (non-hydrogen) atoms. The van der Waals surface area contributed by atoms with Crippen LogP contribution in [0.3, 0.4) is 0 Å². The Kier molecular flexibility index (Phi) is 8.35. The van der Waals surface area contributed by atoms with Crippen LogP contribution in [0, 0.1) is 11.8 Å². The van der Waals surface area contributed by atoms with E-state index < -0.39 is 11.7 Å². The lowest BCUT2D eigenvalue weighted by molar-refractivity contribution is -0.138. The third-order valence-corrected chi connectivity index (χ3v) is 6.51. The zero-order chi connectivity index (χ0) is 27.3. The molecular formula is C29H29F3N4O2. The van der Waals surface area contributed by atoms with Crippen LogP contribution in [0.2, 0.25) is 0 Å². The number of aromatic nitrogens is 1. The number of likely N-dealkylation sites (N-methyl/N-ethyl adjacent to an activating group) is 1. The molecule has 2 N–H and O–H groups in total. The van der Waals surface area contributed by atoms with Crippen LogP contribution in [0.25, 0.3) is 0 Å². The summed E-state index contributed by atoms with van der Waals surface area (Å²) < 4.78 is 47.3. The van der Waals surface area contributed by atoms with Gasteiger partial charge in [0.05, 0.1) is 23.8 Å². The number of piperazine rings is 1. The fourth-order valence-electron chi connectivity index (χ4n) is 4.33. The van der Waals surface area contributed by atoms with Crippen molar-refractivity contribution >= 4 is 11.6 Å². The van der Waals surface area contributed by atoms with Gasteiger partial charge in [-0.1, -0.05) is 24.0 Å². The first-order chi connectivity index (χ1) is 18.1. The number of halogens is 3. The van der Waals surface area contributed by atoms with E-state index in [1.165, 1.54) is 13.2 Å². The first-order valence-corrected chi connectivity index (χ1v) is 12.2. The van der Waals surface area contributed by atoms with Crippen LogP contribution in [0.5, 0.6) is 5.75 Å². The third kappa shape index (κ3) is 6.71. The molecule has 4 rings (SSSR count). The summed E-state index contributed by atoms with van der Waals surface area (Å²) in [6.45, 7) is 3.26. The lowest BCUT2D eigenvalue weighted by Gasteiger charge is -2.33. The lowest BCUT2D eigenvalue weighted by atomic mass is 9.96. The Hall–Kier alpha value is -3.87. The molecule has 1 aliphatic rings. The highest BCUT2D eigenvalue weighted by Gasteiger charge is 2.34. The number of Topliss-reactive ketones (excluding diaryl/α,β-unsaturated/α-hetero) is 1. The SMILES string of the molecule is COc1ccc(C#Cc2cccnc2N)cc1C(=O)Cc1ccc(CN2CCN(C)CC2)c(C(F)(F)F)c1. The van der Waals surface area contributed by atoms with Crippen molar-refractivity contribution in [3.05, 3.63) is 88.1 Å². The summed E-state index contributed by atoms with van der Waals surface area (Å²) in [5.74, 6) is 6.13. The molecule has 2 aromatic carbocycles. The number of benzene rings is 2. The largest absolute Gasteiger partial charge is 0.496 e. The van der Waals surface area contributed by atoms with E-state index in [9.17, 15) is 18.0 Å². The highest BCUT2D eigenvalue weighted by atomic mass is 19.4. The van der Waals surface area contributed by atoms with Crippen LogP contribution in [-0.4, -0.2) is 60.9 Å². The van der Waals surface area contributed by atoms with E-state index in [-0.39, 0.29) is 35.4 Å². The molecule has 0 spiro atoms. The minimum Gasteiger partial charge on any atom is -0.496 e. The first-order valence-electron chi connectivity index (χ1n) is 12.2. The number of methoxy groups -OCH3 is 1. The number of carbonyl (C=O) groups is 1. The number of nitrogen functional groups attached to an aromatic ring is 1. The number of carbonyl (C=O) groups excluding carboxylic acids is 1. The van der Waals surface area contributed by atoms with Gasteiger partial charge >= 0.3 is 6.18 Å². The molecule has 9 heteroatoms. The van der Waals surface area contributed by atoms with Gasteiger partial charge in [-0.15, -0.1) is 0 Å². The molecule has 0 amide bonds. The predicted molar refractivity (Wildman–Crippen MR) is 140 cm³/mol. The van der Waals surface area contributed by atoms with Crippen molar-refractivity contribution in [1.29, 1.82) is 0 Å². The molecule has 0 saturated carbocycles. The van der Waals surface area contributed by atoms with Crippen LogP contribution >= 0.6 is 0 Å². The topological polar surface area (TPSA) is 71.7 Å². The summed E-state index contributed by atoms with van der Waals surface area (Å²) in [7, 11) is 3.43. The smallest absolute Gasteiger partial charge is 0.416 e. The number of ether oxygens (including phenoxy) is 1. The van der Waals surface area contributed by atoms with E-state index in [1.807, 2.05) is 11.9 Å². The molecule has 3 aromatic rings. The van der Waals surface area contributed by atoms with Crippen molar-refractivity contribution in [3.63, 3.8) is 0 Å². The number of nitrogens with two attached hydrogens (primary N) is 1. The van der Waals surface area contributed by atoms with Gasteiger partial charge in [0, 0.05) is 50.9 Å². The molecule has 2 heterocycles. The number of anilines is 1. The summed E-state index contributed by atoms with van der Waals surface area (Å²) >= 11 is 0. The lowest BCUT2D eigenvalue weighted by Crippen LogP contribution is -2.44. The Morgan fingerprint density at radius 1 is 1.08 bits per heavy atom. The van der Waals surface area contributed by atoms with E-state index in [0.29, 0.717) is 35.8 Å². The molecular weight excluding hydrogens is 493 g/mol. The zero-order valence-corrected chi connectivity index (χ0v) is 21.3. The molecule has 0 radical (unpaired) electrons. The number of hydrogen-bond donors (Lipinski definition) is 1. The summed E-state index contributed by atoms with van der Waals surface area (Å²) in [5, 5.41) is 0. The quantitative estimate of drug-likeness (QED) is 0.385. The van der Waals surface area contributed by atoms with Crippen molar-refractivity contribution in [3.8, 4) is 17.6 Å². The zero-order valence-electron chi connectivity index (χ0n) is 21.3. The summed E-state index contributed by atoms with van der Waals surface area (Å²) in [6.07, 6.45) is -3.17. The Balaban J connectivity index is 1.57. The van der Waals surface area contributed by atoms with Crippen molar-refractivity contribution in [2.24, 2.45) is 0 Å². The highest BCUT2D eigenvalue weighted by molar-refractivity contribution is 6.00. The highest BCUT2D eigenvalue weighted by Crippen LogP contribution is 2.34. The van der Waals surface area contributed by atoms with Gasteiger partial charge in [0.1, 0.15) is 11.6 Å². The molecule has 6 nitrogen and oxygen atoms in total. The average molecular weight is 523 g/mol. The third-order valence-electron chi connectivity index (χ3n) is 6.51. The van der Waals surface area contributed by atoms with Gasteiger partial charge in [0.25, 0.3) is 0 Å². The van der Waals surface area contributed by atoms with Gasteiger partial charge < -0.3 is 15.4 Å². The number of alkyl halides is 3. The van der Waals surface area contributed by atoms with E-state index in [2.05, 4.69) is 21.7 Å². The number of nitrogens with zero attached hydrogens (tertiary/aromatic N) is 3. The van der Waals surface area contributed by atoms with Crippen LogP contribution < -0.4 is 10.5 Å². The molecule has 198 valence electrons. The molecule has 0 atom stereocenters. The van der Waals surface area contributed by atoms with Gasteiger partial charge in [0.2, 0.25) is 0 Å². The van der Waals surface area contributed by atoms with Crippen LogP contribution in [0.15, 0.2) is 54.7 Å². The molecule has 1 saturated heterocycles. The van der Waals surface area contributed by atoms with Gasteiger partial charge in [0.15, 0.2) is 5.78 Å². The molecule has 0 bridgehead atoms. The van der Waals surface area contributed by atoms with E-state index >= 15 is 0 Å². The van der Waals surface area contributed by atoms with E-state index in [1.54, 1.807) is 42.6 Å². The number of pyridine rings is 1. The Bertz CT molecular complexity index is 1370. The second-order valence-corrected chi connectivity index (χ2v) is 9.27. The Morgan fingerprint density at radius 2 is 1.84 bits per heavy atom. The number of ketones is 1. The minimum atomic E-state index is -4.53. The van der Waals surface area contributed by atoms with Crippen LogP contribution in [-0.2, 0) is 19.1 Å². The van der Waals surface area contributed by atoms with E-state index in [0.717, 1.165) is 19.2 Å². The summed E-state index contributed by atoms with van der Waals surface area (Å²) in [5.41, 5.74) is 6.95. The van der Waals surface area contributed by atoms with Crippen molar-refractivity contribution in [2.45, 2.75) is 19.1 Å². The number of rotatable bonds is 6. The summed E-state index contributed by atoms with van der Waals surface area (Å²) in [4.78, 5) is 21.4. The second kappa shape index (κ2) is 11.7. The van der Waals surface area contributed by atoms with Crippen molar-refractivity contribution in [1.82, 2.24) is 14.8 Å². The Morgan fingerprint density at radius 3 is 2.53 bits per heavy atom. The standard InChI is InChI=1S/C29H29F3N4O2/c1-35-12-14-36(15-13-35)19-23-9-6-21(17-25(23)29(30,31)32)18-26(37)24-16-20(7-10-27(24)38-2)5-8-22-4-3-11-34-28(22)33/h3-4,6-7,9-11,16-17H,12-15,18-19H2,1-2H3,(H2,33,34). The number of hydrogen-bond acceptors (Lipinski definition) is 6. The van der Waals surface area contributed by atoms with Crippen LogP contribution in [0.1, 0.15) is 38.2 Å². The normalized spacial score (nSPS) is 14.6. The maximum absolute atomic E-state index is 14.0. The van der Waals surface area contributed by atoms with Crippen LogP contribution in [0.4, 0.5) is 19.0 Å². The predicted octanol–water partition coefficient (Wildman–Crippen LogP) is 4.26. The second-order valence-electron chi connectivity index (χ2n) is 9.27. The van der Waals surface area contributed by atoms with Crippen molar-refractivity contribution in [2.75, 3.05) is 46.1 Å². The van der Waals surface area contributed by atoms with Gasteiger partial charge in [-0.05, 0) is 54.6 Å². The molecule has 0 unspecified atom stereocenters. The molecule has 0 aliphatic carbocycles. The monoisotopic (exact) mass is 522 g/mol. The van der Waals surface area contributed by atoms with Gasteiger partial charge in [-0.25, -0.2) is 4.98 Å². The van der Waals surface area contributed by atoms with Gasteiger partial charge in [-0.2, -0.15) is 13.2 Å². The maximum Gasteiger partial charge on any atom is 0.416 e. The van der Waals surface area contributed by atoms with Crippen molar-refractivity contribution < 1.29 is 22.7 Å². The fraction of sp³-hybridized carbons (Fsp3) is 0.310. The molecule has 1 aliphatic heterocycles. The minimum absolute atomic E-state index is 0.208. The van der Waals surface area contributed by atoms with E-state index in [4.69, 9.17) is 10.5 Å². The Labute approximate surface area is 220 Å². The average Bonchev–Trinajstić information content (AvgIpc) is 2.89. The molecule has 1 aromatic heterocycles. The first kappa shape index (κ1) is 27.2.